The Morgan fingerprint density at radius 2 is 2.00 bits per heavy atom. The summed E-state index contributed by atoms with van der Waals surface area (Å²) in [6, 6.07) is 9.90. The second-order valence-electron chi connectivity index (χ2n) is 6.50. The number of piperidine rings is 1. The van der Waals surface area contributed by atoms with Crippen LogP contribution in [0.25, 0.3) is 0 Å². The number of rotatable bonds is 4. The first kappa shape index (κ1) is 16.2. The lowest BCUT2D eigenvalue weighted by atomic mass is 9.90. The van der Waals surface area contributed by atoms with Crippen molar-refractivity contribution >= 4 is 11.9 Å². The van der Waals surface area contributed by atoms with Gasteiger partial charge in [0.1, 0.15) is 0 Å². The minimum absolute atomic E-state index is 0.146. The molecule has 1 aromatic heterocycles. The number of hydrogen-bond acceptors (Lipinski definition) is 3. The van der Waals surface area contributed by atoms with Gasteiger partial charge in [0.2, 0.25) is 0 Å². The summed E-state index contributed by atoms with van der Waals surface area (Å²) in [6.07, 6.45) is 3.90. The highest BCUT2D eigenvalue weighted by Crippen LogP contribution is 2.23. The molecule has 1 fully saturated rings. The Morgan fingerprint density at radius 1 is 1.25 bits per heavy atom. The van der Waals surface area contributed by atoms with Gasteiger partial charge in [0.25, 0.3) is 5.91 Å². The zero-order chi connectivity index (χ0) is 17.1. The Kier molecular flexibility index (Phi) is 4.64. The molecule has 1 N–H and O–H groups in total. The van der Waals surface area contributed by atoms with E-state index in [1.54, 1.807) is 22.0 Å². The van der Waals surface area contributed by atoms with Crippen LogP contribution in [0.2, 0.25) is 0 Å². The molecule has 0 bridgehead atoms. The van der Waals surface area contributed by atoms with Gasteiger partial charge in [-0.05, 0) is 17.9 Å². The van der Waals surface area contributed by atoms with Gasteiger partial charge in [-0.15, -0.1) is 0 Å². The Bertz CT molecular complexity index is 726. The number of benzene rings is 1. The van der Waals surface area contributed by atoms with Crippen LogP contribution in [0.4, 0.5) is 0 Å². The van der Waals surface area contributed by atoms with Crippen molar-refractivity contribution in [2.45, 2.75) is 19.9 Å². The normalized spacial score (nSPS) is 20.8. The van der Waals surface area contributed by atoms with Crippen molar-refractivity contribution < 1.29 is 14.7 Å². The summed E-state index contributed by atoms with van der Waals surface area (Å²) in [7, 11) is 0. The molecule has 6 heteroatoms. The quantitative estimate of drug-likeness (QED) is 0.933. The summed E-state index contributed by atoms with van der Waals surface area (Å²) in [6.45, 7) is 3.44. The highest BCUT2D eigenvalue weighted by atomic mass is 16.4. The van der Waals surface area contributed by atoms with Crippen LogP contribution in [-0.2, 0) is 11.3 Å². The number of hydrogen-bond donors (Lipinski definition) is 1. The maximum atomic E-state index is 12.7. The summed E-state index contributed by atoms with van der Waals surface area (Å²) in [5.74, 6) is -1.29. The molecule has 2 aromatic rings. The molecule has 6 nitrogen and oxygen atoms in total. The van der Waals surface area contributed by atoms with Crippen molar-refractivity contribution in [1.29, 1.82) is 0 Å². The molecular formula is C18H21N3O3. The molecule has 2 heterocycles. The van der Waals surface area contributed by atoms with Gasteiger partial charge in [-0.2, -0.15) is 5.10 Å². The second kappa shape index (κ2) is 6.86. The van der Waals surface area contributed by atoms with E-state index in [0.29, 0.717) is 25.1 Å². The number of likely N-dealkylation sites (tertiary alicyclic amines) is 1. The molecule has 2 atom stereocenters. The highest BCUT2D eigenvalue weighted by molar-refractivity contribution is 5.94. The van der Waals surface area contributed by atoms with Crippen molar-refractivity contribution in [3.63, 3.8) is 0 Å². The SMILES string of the molecule is CC1CC(C(=O)O)CN(C(=O)c2cnn(Cc3ccccc3)c2)C1. The topological polar surface area (TPSA) is 75.4 Å². The molecule has 0 radical (unpaired) electrons. The fourth-order valence-electron chi connectivity index (χ4n) is 3.21. The minimum atomic E-state index is -0.834. The van der Waals surface area contributed by atoms with Gasteiger partial charge >= 0.3 is 5.97 Å². The van der Waals surface area contributed by atoms with Gasteiger partial charge in [-0.1, -0.05) is 37.3 Å². The van der Waals surface area contributed by atoms with E-state index in [2.05, 4.69) is 5.10 Å². The number of carbonyl (C=O) groups excluding carboxylic acids is 1. The molecule has 1 aliphatic heterocycles. The Balaban J connectivity index is 1.70. The van der Waals surface area contributed by atoms with Gasteiger partial charge in [-0.3, -0.25) is 14.3 Å². The maximum Gasteiger partial charge on any atom is 0.308 e. The summed E-state index contributed by atoms with van der Waals surface area (Å²) in [5, 5.41) is 13.5. The number of carboxylic acid groups (broad SMARTS) is 1. The first-order valence-corrected chi connectivity index (χ1v) is 8.11. The summed E-state index contributed by atoms with van der Waals surface area (Å²) in [5.41, 5.74) is 1.61. The number of amides is 1. The van der Waals surface area contributed by atoms with Crippen LogP contribution < -0.4 is 0 Å². The van der Waals surface area contributed by atoms with Crippen LogP contribution in [0.5, 0.6) is 0 Å². The van der Waals surface area contributed by atoms with Crippen molar-refractivity contribution in [2.24, 2.45) is 11.8 Å². The molecule has 1 aromatic carbocycles. The lowest BCUT2D eigenvalue weighted by Gasteiger charge is -2.34. The monoisotopic (exact) mass is 327 g/mol. The third-order valence-corrected chi connectivity index (χ3v) is 4.36. The second-order valence-corrected chi connectivity index (χ2v) is 6.50. The number of carboxylic acids is 1. The van der Waals surface area contributed by atoms with E-state index in [9.17, 15) is 14.7 Å². The fourth-order valence-corrected chi connectivity index (χ4v) is 3.21. The van der Waals surface area contributed by atoms with Crippen LogP contribution in [0.1, 0.15) is 29.3 Å². The fraction of sp³-hybridized carbons (Fsp3) is 0.389. The Labute approximate surface area is 140 Å². The molecule has 126 valence electrons. The zero-order valence-corrected chi connectivity index (χ0v) is 13.6. The smallest absolute Gasteiger partial charge is 0.308 e. The minimum Gasteiger partial charge on any atom is -0.481 e. The van der Waals surface area contributed by atoms with E-state index in [4.69, 9.17) is 0 Å². The van der Waals surface area contributed by atoms with Gasteiger partial charge in [0.15, 0.2) is 0 Å². The number of nitrogens with zero attached hydrogens (tertiary/aromatic N) is 3. The zero-order valence-electron chi connectivity index (χ0n) is 13.6. The molecule has 24 heavy (non-hydrogen) atoms. The molecule has 1 amide bonds. The molecule has 3 rings (SSSR count). The van der Waals surface area contributed by atoms with E-state index in [0.717, 1.165) is 5.56 Å². The summed E-state index contributed by atoms with van der Waals surface area (Å²) < 4.78 is 1.73. The molecule has 2 unspecified atom stereocenters. The lowest BCUT2D eigenvalue weighted by Crippen LogP contribution is -2.45. The van der Waals surface area contributed by atoms with E-state index in [1.807, 2.05) is 37.3 Å². The summed E-state index contributed by atoms with van der Waals surface area (Å²) >= 11 is 0. The van der Waals surface area contributed by atoms with Crippen LogP contribution in [-0.4, -0.2) is 44.8 Å². The number of carbonyl (C=O) groups is 2. The number of aliphatic carboxylic acids is 1. The van der Waals surface area contributed by atoms with E-state index in [1.165, 1.54) is 0 Å². The predicted molar refractivity (Wildman–Crippen MR) is 88.6 cm³/mol. The molecule has 0 saturated carbocycles. The van der Waals surface area contributed by atoms with Crippen molar-refractivity contribution in [1.82, 2.24) is 14.7 Å². The lowest BCUT2D eigenvalue weighted by molar-refractivity contribution is -0.143. The molecule has 1 aliphatic rings. The predicted octanol–water partition coefficient (Wildman–Crippen LogP) is 2.11. The first-order chi connectivity index (χ1) is 11.5. The molecule has 0 aliphatic carbocycles. The summed E-state index contributed by atoms with van der Waals surface area (Å²) in [4.78, 5) is 25.6. The Hall–Kier alpha value is -2.63. The van der Waals surface area contributed by atoms with Crippen LogP contribution in [0.3, 0.4) is 0 Å². The van der Waals surface area contributed by atoms with Crippen molar-refractivity contribution in [3.05, 3.63) is 53.9 Å². The molecule has 0 spiro atoms. The number of aromatic nitrogens is 2. The van der Waals surface area contributed by atoms with Gasteiger partial charge < -0.3 is 10.0 Å². The molecular weight excluding hydrogens is 306 g/mol. The average molecular weight is 327 g/mol. The van der Waals surface area contributed by atoms with Crippen molar-refractivity contribution in [2.75, 3.05) is 13.1 Å². The third-order valence-electron chi connectivity index (χ3n) is 4.36. The van der Waals surface area contributed by atoms with Crippen LogP contribution in [0.15, 0.2) is 42.7 Å². The third kappa shape index (κ3) is 3.64. The van der Waals surface area contributed by atoms with Crippen molar-refractivity contribution in [3.8, 4) is 0 Å². The van der Waals surface area contributed by atoms with E-state index in [-0.39, 0.29) is 18.4 Å². The van der Waals surface area contributed by atoms with Crippen LogP contribution >= 0.6 is 0 Å². The van der Waals surface area contributed by atoms with Gasteiger partial charge in [-0.25, -0.2) is 0 Å². The van der Waals surface area contributed by atoms with E-state index >= 15 is 0 Å². The standard InChI is InChI=1S/C18H21N3O3/c1-13-7-15(18(23)24)11-20(9-13)17(22)16-8-19-21(12-16)10-14-5-3-2-4-6-14/h2-6,8,12-13,15H,7,9-11H2,1H3,(H,23,24). The van der Waals surface area contributed by atoms with Gasteiger partial charge in [0, 0.05) is 19.3 Å². The highest BCUT2D eigenvalue weighted by Gasteiger charge is 2.32. The largest absolute Gasteiger partial charge is 0.481 e. The van der Waals surface area contributed by atoms with E-state index < -0.39 is 11.9 Å². The van der Waals surface area contributed by atoms with Gasteiger partial charge in [0.05, 0.1) is 24.2 Å². The Morgan fingerprint density at radius 3 is 2.71 bits per heavy atom. The van der Waals surface area contributed by atoms with Crippen LogP contribution in [0, 0.1) is 11.8 Å². The molecule has 1 saturated heterocycles. The average Bonchev–Trinajstić information content (AvgIpc) is 3.03. The first-order valence-electron chi connectivity index (χ1n) is 8.11. The maximum absolute atomic E-state index is 12.7.